The predicted molar refractivity (Wildman–Crippen MR) is 107 cm³/mol. The number of rotatable bonds is 3. The highest BCUT2D eigenvalue weighted by Crippen LogP contribution is 2.30. The summed E-state index contributed by atoms with van der Waals surface area (Å²) in [4.78, 5) is 6.93. The Bertz CT molecular complexity index is 1030. The van der Waals surface area contributed by atoms with Crippen LogP contribution in [-0.4, -0.2) is 19.1 Å². The summed E-state index contributed by atoms with van der Waals surface area (Å²) in [5.74, 6) is 0. The van der Waals surface area contributed by atoms with Crippen molar-refractivity contribution in [3.05, 3.63) is 71.2 Å². The zero-order valence-corrected chi connectivity index (χ0v) is 14.5. The first-order valence-corrected chi connectivity index (χ1v) is 8.76. The van der Waals surface area contributed by atoms with E-state index >= 15 is 0 Å². The number of thiazole rings is 1. The fourth-order valence-corrected chi connectivity index (χ4v) is 3.69. The summed E-state index contributed by atoms with van der Waals surface area (Å²) >= 11 is 1.73. The van der Waals surface area contributed by atoms with Gasteiger partial charge in [0.05, 0.1) is 10.2 Å². The van der Waals surface area contributed by atoms with Crippen LogP contribution in [0.15, 0.2) is 60.7 Å². The molecule has 0 bridgehead atoms. The maximum Gasteiger partial charge on any atom is 0.117 e. The number of nitrogens with zero attached hydrogens (tertiary/aromatic N) is 2. The predicted octanol–water partition coefficient (Wildman–Crippen LogP) is 5.69. The molecule has 1 heterocycles. The third kappa shape index (κ3) is 2.79. The Kier molecular flexibility index (Phi) is 3.79. The van der Waals surface area contributed by atoms with E-state index < -0.39 is 0 Å². The van der Waals surface area contributed by atoms with Gasteiger partial charge in [-0.15, -0.1) is 11.3 Å². The van der Waals surface area contributed by atoms with Gasteiger partial charge in [0.1, 0.15) is 5.01 Å². The first-order valence-electron chi connectivity index (χ1n) is 7.94. The van der Waals surface area contributed by atoms with Crippen LogP contribution in [-0.2, 0) is 0 Å². The Morgan fingerprint density at radius 1 is 0.875 bits per heavy atom. The van der Waals surface area contributed by atoms with Crippen LogP contribution in [0.5, 0.6) is 0 Å². The second kappa shape index (κ2) is 6.10. The van der Waals surface area contributed by atoms with Gasteiger partial charge in [-0.2, -0.15) is 0 Å². The second-order valence-corrected chi connectivity index (χ2v) is 7.07. The van der Waals surface area contributed by atoms with E-state index in [2.05, 4.69) is 91.8 Å². The number of aromatic nitrogens is 1. The van der Waals surface area contributed by atoms with Crippen LogP contribution in [0, 0.1) is 0 Å². The van der Waals surface area contributed by atoms with E-state index in [1.807, 2.05) is 0 Å². The van der Waals surface area contributed by atoms with Gasteiger partial charge >= 0.3 is 0 Å². The number of benzene rings is 3. The summed E-state index contributed by atoms with van der Waals surface area (Å²) in [5, 5.41) is 3.50. The average Bonchev–Trinajstić information content (AvgIpc) is 3.04. The van der Waals surface area contributed by atoms with E-state index in [1.165, 1.54) is 26.7 Å². The van der Waals surface area contributed by atoms with Crippen molar-refractivity contribution in [2.45, 2.75) is 0 Å². The smallest absolute Gasteiger partial charge is 0.117 e. The lowest BCUT2D eigenvalue weighted by molar-refractivity contribution is 1.13. The molecule has 0 radical (unpaired) electrons. The standard InChI is InChI=1S/C21H18N2S/c1-23(2)17-11-7-15(8-12-17)9-14-20-22-21-18-6-4-3-5-16(18)10-13-19(21)24-20/h3-14H,1-2H3/b14-9+. The fraction of sp³-hybridized carbons (Fsp3) is 0.0952. The van der Waals surface area contributed by atoms with Gasteiger partial charge in [-0.3, -0.25) is 0 Å². The summed E-state index contributed by atoms with van der Waals surface area (Å²) in [6, 6.07) is 21.3. The second-order valence-electron chi connectivity index (χ2n) is 6.00. The van der Waals surface area contributed by atoms with Gasteiger partial charge in [0.15, 0.2) is 0 Å². The van der Waals surface area contributed by atoms with Crippen molar-refractivity contribution in [1.82, 2.24) is 4.98 Å². The van der Waals surface area contributed by atoms with Crippen LogP contribution in [0.2, 0.25) is 0 Å². The quantitative estimate of drug-likeness (QED) is 0.480. The molecule has 0 N–H and O–H groups in total. The van der Waals surface area contributed by atoms with Crippen molar-refractivity contribution in [3.8, 4) is 0 Å². The molecule has 1 aromatic heterocycles. The molecule has 0 saturated carbocycles. The Balaban J connectivity index is 1.68. The minimum absolute atomic E-state index is 1.04. The van der Waals surface area contributed by atoms with Crippen molar-refractivity contribution >= 4 is 50.2 Å². The molecule has 0 saturated heterocycles. The van der Waals surface area contributed by atoms with Crippen LogP contribution < -0.4 is 4.90 Å². The SMILES string of the molecule is CN(C)c1ccc(/C=C/c2nc3c(ccc4ccccc43)s2)cc1. The van der Waals surface area contributed by atoms with Crippen LogP contribution in [0.25, 0.3) is 33.1 Å². The van der Waals surface area contributed by atoms with Gasteiger partial charge in [0.2, 0.25) is 0 Å². The van der Waals surface area contributed by atoms with Gasteiger partial charge in [0, 0.05) is 25.2 Å². The molecular weight excluding hydrogens is 312 g/mol. The summed E-state index contributed by atoms with van der Waals surface area (Å²) in [7, 11) is 4.10. The van der Waals surface area contributed by atoms with Gasteiger partial charge in [0.25, 0.3) is 0 Å². The Morgan fingerprint density at radius 3 is 2.46 bits per heavy atom. The molecule has 118 valence electrons. The van der Waals surface area contributed by atoms with Crippen LogP contribution >= 0.6 is 11.3 Å². The number of fused-ring (bicyclic) bond motifs is 3. The maximum atomic E-state index is 4.83. The molecule has 0 fully saturated rings. The average molecular weight is 330 g/mol. The van der Waals surface area contributed by atoms with E-state index in [0.29, 0.717) is 0 Å². The highest BCUT2D eigenvalue weighted by atomic mass is 32.1. The van der Waals surface area contributed by atoms with E-state index in [0.717, 1.165) is 10.5 Å². The van der Waals surface area contributed by atoms with E-state index in [4.69, 9.17) is 4.98 Å². The first-order chi connectivity index (χ1) is 11.7. The third-order valence-electron chi connectivity index (χ3n) is 4.13. The summed E-state index contributed by atoms with van der Waals surface area (Å²) in [6.45, 7) is 0. The summed E-state index contributed by atoms with van der Waals surface area (Å²) < 4.78 is 1.23. The molecule has 3 aromatic carbocycles. The molecule has 0 aliphatic rings. The van der Waals surface area contributed by atoms with Crippen LogP contribution in [0.1, 0.15) is 10.6 Å². The molecular formula is C21H18N2S. The Morgan fingerprint density at radius 2 is 1.67 bits per heavy atom. The highest BCUT2D eigenvalue weighted by Gasteiger charge is 2.05. The topological polar surface area (TPSA) is 16.1 Å². The molecule has 0 spiro atoms. The minimum Gasteiger partial charge on any atom is -0.378 e. The van der Waals surface area contributed by atoms with Crippen molar-refractivity contribution in [3.63, 3.8) is 0 Å². The van der Waals surface area contributed by atoms with Gasteiger partial charge in [-0.05, 0) is 35.2 Å². The lowest BCUT2D eigenvalue weighted by atomic mass is 10.1. The van der Waals surface area contributed by atoms with Crippen molar-refractivity contribution in [1.29, 1.82) is 0 Å². The van der Waals surface area contributed by atoms with Gasteiger partial charge in [-0.1, -0.05) is 48.5 Å². The van der Waals surface area contributed by atoms with Crippen molar-refractivity contribution in [2.75, 3.05) is 19.0 Å². The zero-order chi connectivity index (χ0) is 16.5. The molecule has 0 aliphatic carbocycles. The van der Waals surface area contributed by atoms with Gasteiger partial charge < -0.3 is 4.90 Å². The molecule has 24 heavy (non-hydrogen) atoms. The fourth-order valence-electron chi connectivity index (χ4n) is 2.80. The monoisotopic (exact) mass is 330 g/mol. The highest BCUT2D eigenvalue weighted by molar-refractivity contribution is 7.19. The molecule has 4 rings (SSSR count). The first kappa shape index (κ1) is 14.9. The normalized spacial score (nSPS) is 11.6. The number of hydrogen-bond donors (Lipinski definition) is 0. The van der Waals surface area contributed by atoms with Gasteiger partial charge in [-0.25, -0.2) is 4.98 Å². The molecule has 0 unspecified atom stereocenters. The molecule has 2 nitrogen and oxygen atoms in total. The van der Waals surface area contributed by atoms with Crippen molar-refractivity contribution < 1.29 is 0 Å². The Labute approximate surface area is 145 Å². The molecule has 0 atom stereocenters. The largest absolute Gasteiger partial charge is 0.378 e. The lowest BCUT2D eigenvalue weighted by Gasteiger charge is -2.11. The van der Waals surface area contributed by atoms with E-state index in [1.54, 1.807) is 11.3 Å². The lowest BCUT2D eigenvalue weighted by Crippen LogP contribution is -2.07. The summed E-state index contributed by atoms with van der Waals surface area (Å²) in [6.07, 6.45) is 4.23. The van der Waals surface area contributed by atoms with E-state index in [9.17, 15) is 0 Å². The molecule has 3 heteroatoms. The molecule has 4 aromatic rings. The maximum absolute atomic E-state index is 4.83. The minimum atomic E-state index is 1.04. The zero-order valence-electron chi connectivity index (χ0n) is 13.7. The summed E-state index contributed by atoms with van der Waals surface area (Å²) in [5.41, 5.74) is 3.49. The third-order valence-corrected chi connectivity index (χ3v) is 5.11. The Hall–Kier alpha value is -2.65. The van der Waals surface area contributed by atoms with E-state index in [-0.39, 0.29) is 0 Å². The van der Waals surface area contributed by atoms with Crippen LogP contribution in [0.3, 0.4) is 0 Å². The van der Waals surface area contributed by atoms with Crippen molar-refractivity contribution in [2.24, 2.45) is 0 Å². The number of anilines is 1. The molecule has 0 amide bonds. The molecule has 0 aliphatic heterocycles. The number of hydrogen-bond acceptors (Lipinski definition) is 3. The van der Waals surface area contributed by atoms with Crippen LogP contribution in [0.4, 0.5) is 5.69 Å².